The zero-order valence-corrected chi connectivity index (χ0v) is 20.0. The summed E-state index contributed by atoms with van der Waals surface area (Å²) in [6, 6.07) is 11.8. The monoisotopic (exact) mass is 448 g/mol. The molecule has 4 aromatic rings. The van der Waals surface area contributed by atoms with E-state index in [0.29, 0.717) is 18.7 Å². The Hall–Kier alpha value is -3.26. The van der Waals surface area contributed by atoms with Gasteiger partial charge in [0.15, 0.2) is 5.82 Å². The van der Waals surface area contributed by atoms with Crippen molar-refractivity contribution >= 4 is 10.9 Å². The molecule has 174 valence electrons. The smallest absolute Gasteiger partial charge is 0.252 e. The largest absolute Gasteiger partial charge is 0.468 e. The van der Waals surface area contributed by atoms with Crippen molar-refractivity contribution in [2.75, 3.05) is 0 Å². The van der Waals surface area contributed by atoms with Crippen molar-refractivity contribution < 1.29 is 4.42 Å². The number of hydrogen-bond donors (Lipinski definition) is 1. The van der Waals surface area contributed by atoms with E-state index in [1.807, 2.05) is 48.0 Å². The Morgan fingerprint density at radius 1 is 1.18 bits per heavy atom. The van der Waals surface area contributed by atoms with Crippen LogP contribution in [0.3, 0.4) is 0 Å². The SMILES string of the molecule is CCC[C@@H](c1nnnn1C(C)(C)C)N(Cc1ccco1)Cc1cc2cccc(C)c2[nH]c1=O. The Morgan fingerprint density at radius 2 is 2.00 bits per heavy atom. The maximum atomic E-state index is 13.1. The first-order valence-corrected chi connectivity index (χ1v) is 11.4. The average molecular weight is 449 g/mol. The average Bonchev–Trinajstić information content (AvgIpc) is 3.45. The standard InChI is InChI=1S/C25H32N6O2/c1-6-9-21(23-27-28-29-31(23)25(3,4)5)30(16-20-12-8-13-33-20)15-19-14-18-11-7-10-17(2)22(18)26-24(19)32/h7-8,10-14,21H,6,9,15-16H2,1-5H3,(H,26,32)/t21-/m0/s1. The van der Waals surface area contributed by atoms with Gasteiger partial charge in [0, 0.05) is 12.1 Å². The zero-order valence-electron chi connectivity index (χ0n) is 20.0. The quantitative estimate of drug-likeness (QED) is 0.419. The van der Waals surface area contributed by atoms with Crippen LogP contribution in [0.2, 0.25) is 0 Å². The number of aryl methyl sites for hydroxylation is 1. The molecule has 3 heterocycles. The van der Waals surface area contributed by atoms with Crippen molar-refractivity contribution in [1.82, 2.24) is 30.1 Å². The Morgan fingerprint density at radius 3 is 2.70 bits per heavy atom. The summed E-state index contributed by atoms with van der Waals surface area (Å²) in [5.74, 6) is 1.63. The lowest BCUT2D eigenvalue weighted by Crippen LogP contribution is -2.35. The molecule has 0 aliphatic rings. The number of hydrogen-bond acceptors (Lipinski definition) is 6. The van der Waals surface area contributed by atoms with Gasteiger partial charge >= 0.3 is 0 Å². The van der Waals surface area contributed by atoms with Crippen molar-refractivity contribution in [3.63, 3.8) is 0 Å². The lowest BCUT2D eigenvalue weighted by atomic mass is 10.0. The van der Waals surface area contributed by atoms with Crippen LogP contribution in [0.5, 0.6) is 0 Å². The molecule has 3 aromatic heterocycles. The summed E-state index contributed by atoms with van der Waals surface area (Å²) in [7, 11) is 0. The number of fused-ring (bicyclic) bond motifs is 1. The van der Waals surface area contributed by atoms with Crippen molar-refractivity contribution in [1.29, 1.82) is 0 Å². The van der Waals surface area contributed by atoms with E-state index in [2.05, 4.69) is 53.1 Å². The van der Waals surface area contributed by atoms with Crippen molar-refractivity contribution in [3.05, 3.63) is 75.7 Å². The van der Waals surface area contributed by atoms with E-state index < -0.39 is 0 Å². The van der Waals surface area contributed by atoms with Gasteiger partial charge in [0.1, 0.15) is 5.76 Å². The third-order valence-electron chi connectivity index (χ3n) is 5.91. The van der Waals surface area contributed by atoms with Gasteiger partial charge in [-0.3, -0.25) is 9.69 Å². The van der Waals surface area contributed by atoms with Crippen molar-refractivity contribution in [2.24, 2.45) is 0 Å². The second-order valence-electron chi connectivity index (χ2n) is 9.57. The van der Waals surface area contributed by atoms with Gasteiger partial charge in [0.25, 0.3) is 5.56 Å². The first-order chi connectivity index (χ1) is 15.8. The second-order valence-corrected chi connectivity index (χ2v) is 9.57. The molecule has 0 bridgehead atoms. The minimum Gasteiger partial charge on any atom is -0.468 e. The number of furan rings is 1. The Labute approximate surface area is 193 Å². The van der Waals surface area contributed by atoms with Crippen LogP contribution in [0.1, 0.15) is 69.3 Å². The van der Waals surface area contributed by atoms with Gasteiger partial charge in [0.2, 0.25) is 0 Å². The normalized spacial score (nSPS) is 13.2. The molecule has 0 fully saturated rings. The summed E-state index contributed by atoms with van der Waals surface area (Å²) in [6.45, 7) is 11.4. The number of aromatic amines is 1. The van der Waals surface area contributed by atoms with E-state index in [4.69, 9.17) is 4.42 Å². The number of rotatable bonds is 8. The van der Waals surface area contributed by atoms with Crippen LogP contribution in [0.15, 0.2) is 51.9 Å². The van der Waals surface area contributed by atoms with E-state index in [9.17, 15) is 4.79 Å². The van der Waals surface area contributed by atoms with Crippen molar-refractivity contribution in [3.8, 4) is 0 Å². The van der Waals surface area contributed by atoms with Crippen LogP contribution in [-0.4, -0.2) is 30.1 Å². The summed E-state index contributed by atoms with van der Waals surface area (Å²) < 4.78 is 7.56. The summed E-state index contributed by atoms with van der Waals surface area (Å²) in [5, 5.41) is 13.7. The van der Waals surface area contributed by atoms with Gasteiger partial charge < -0.3 is 9.40 Å². The highest BCUT2D eigenvalue weighted by molar-refractivity contribution is 5.81. The maximum absolute atomic E-state index is 13.1. The molecule has 4 rings (SSSR count). The number of nitrogens with one attached hydrogen (secondary N) is 1. The molecule has 1 N–H and O–H groups in total. The highest BCUT2D eigenvalue weighted by Gasteiger charge is 2.30. The van der Waals surface area contributed by atoms with Crippen LogP contribution in [-0.2, 0) is 18.6 Å². The summed E-state index contributed by atoms with van der Waals surface area (Å²) in [6.07, 6.45) is 3.47. The highest BCUT2D eigenvalue weighted by atomic mass is 16.3. The predicted molar refractivity (Wildman–Crippen MR) is 128 cm³/mol. The molecule has 33 heavy (non-hydrogen) atoms. The Balaban J connectivity index is 1.78. The molecule has 1 aromatic carbocycles. The summed E-state index contributed by atoms with van der Waals surface area (Å²) >= 11 is 0. The molecule has 0 aliphatic heterocycles. The number of aromatic nitrogens is 5. The van der Waals surface area contributed by atoms with Crippen LogP contribution in [0.4, 0.5) is 0 Å². The molecule has 8 nitrogen and oxygen atoms in total. The molecule has 0 spiro atoms. The lowest BCUT2D eigenvalue weighted by Gasteiger charge is -2.32. The lowest BCUT2D eigenvalue weighted by molar-refractivity contribution is 0.138. The number of tetrazole rings is 1. The number of benzene rings is 1. The molecular weight excluding hydrogens is 416 g/mol. The van der Waals surface area contributed by atoms with Gasteiger partial charge in [0.05, 0.1) is 29.9 Å². The number of para-hydroxylation sites is 1. The Bertz CT molecular complexity index is 1270. The molecule has 8 heteroatoms. The van der Waals surface area contributed by atoms with E-state index in [1.54, 1.807) is 6.26 Å². The van der Waals surface area contributed by atoms with Crippen LogP contribution < -0.4 is 5.56 Å². The molecule has 0 radical (unpaired) electrons. The van der Waals surface area contributed by atoms with Crippen LogP contribution in [0.25, 0.3) is 10.9 Å². The zero-order chi connectivity index (χ0) is 23.6. The minimum atomic E-state index is -0.265. The second kappa shape index (κ2) is 9.31. The fourth-order valence-electron chi connectivity index (χ4n) is 4.27. The molecule has 0 amide bonds. The van der Waals surface area contributed by atoms with E-state index in [1.165, 1.54) is 0 Å². The summed E-state index contributed by atoms with van der Waals surface area (Å²) in [4.78, 5) is 18.4. The molecule has 1 atom stereocenters. The van der Waals surface area contributed by atoms with Gasteiger partial charge in [-0.25, -0.2) is 4.68 Å². The van der Waals surface area contributed by atoms with Gasteiger partial charge in [-0.2, -0.15) is 0 Å². The molecule has 0 aliphatic carbocycles. The molecular formula is C25H32N6O2. The fourth-order valence-corrected chi connectivity index (χ4v) is 4.27. The third-order valence-corrected chi connectivity index (χ3v) is 5.91. The fraction of sp³-hybridized carbons (Fsp3) is 0.440. The Kier molecular flexibility index (Phi) is 6.47. The van der Waals surface area contributed by atoms with Crippen LogP contribution in [0, 0.1) is 6.92 Å². The van der Waals surface area contributed by atoms with E-state index in [0.717, 1.165) is 40.9 Å². The van der Waals surface area contributed by atoms with Gasteiger partial charge in [-0.05, 0) is 73.7 Å². The van der Waals surface area contributed by atoms with Gasteiger partial charge in [-0.1, -0.05) is 31.5 Å². The van der Waals surface area contributed by atoms with Gasteiger partial charge in [-0.15, -0.1) is 5.10 Å². The number of H-pyrrole nitrogens is 1. The highest BCUT2D eigenvalue weighted by Crippen LogP contribution is 2.30. The first-order valence-electron chi connectivity index (χ1n) is 11.4. The predicted octanol–water partition coefficient (Wildman–Crippen LogP) is 4.71. The summed E-state index contributed by atoms with van der Waals surface area (Å²) in [5.41, 5.74) is 2.30. The molecule has 0 unspecified atom stereocenters. The number of nitrogens with zero attached hydrogens (tertiary/aromatic N) is 5. The first kappa shape index (κ1) is 22.9. The van der Waals surface area contributed by atoms with E-state index in [-0.39, 0.29) is 17.1 Å². The third kappa shape index (κ3) is 4.90. The number of pyridine rings is 1. The van der Waals surface area contributed by atoms with Crippen LogP contribution >= 0.6 is 0 Å². The molecule has 0 saturated heterocycles. The topological polar surface area (TPSA) is 92.8 Å². The maximum Gasteiger partial charge on any atom is 0.252 e. The molecule has 0 saturated carbocycles. The van der Waals surface area contributed by atoms with Crippen molar-refractivity contribution in [2.45, 2.75) is 72.1 Å². The van der Waals surface area contributed by atoms with E-state index >= 15 is 0 Å². The minimum absolute atomic E-state index is 0.0769.